The molecule has 4 rings (SSSR count). The summed E-state index contributed by atoms with van der Waals surface area (Å²) in [5.41, 5.74) is 1.40. The van der Waals surface area contributed by atoms with Crippen LogP contribution in [0.1, 0.15) is 24.5 Å². The van der Waals surface area contributed by atoms with E-state index in [9.17, 15) is 0 Å². The highest BCUT2D eigenvalue weighted by Crippen LogP contribution is 2.50. The highest BCUT2D eigenvalue weighted by molar-refractivity contribution is 9.10. The van der Waals surface area contributed by atoms with Crippen molar-refractivity contribution in [2.45, 2.75) is 18.9 Å². The van der Waals surface area contributed by atoms with Gasteiger partial charge in [-0.3, -0.25) is 0 Å². The largest absolute Gasteiger partial charge is 0.489 e. The molecule has 3 aliphatic rings. The van der Waals surface area contributed by atoms with E-state index in [4.69, 9.17) is 14.2 Å². The van der Waals surface area contributed by atoms with Gasteiger partial charge in [0.1, 0.15) is 0 Å². The molecular formula is C15H18BrNO3. The van der Waals surface area contributed by atoms with Crippen LogP contribution in [0.2, 0.25) is 0 Å². The molecule has 1 saturated carbocycles. The molecule has 20 heavy (non-hydrogen) atoms. The van der Waals surface area contributed by atoms with Crippen LogP contribution in [0, 0.1) is 5.41 Å². The summed E-state index contributed by atoms with van der Waals surface area (Å²) in [5.74, 6) is 1.69. The fourth-order valence-electron chi connectivity index (χ4n) is 2.76. The smallest absolute Gasteiger partial charge is 0.162 e. The number of hydrogen-bond acceptors (Lipinski definition) is 4. The zero-order chi connectivity index (χ0) is 13.6. The molecular weight excluding hydrogens is 322 g/mol. The Balaban J connectivity index is 1.63. The molecule has 0 bridgehead atoms. The zero-order valence-corrected chi connectivity index (χ0v) is 12.9. The molecule has 1 aromatic carbocycles. The molecule has 4 nitrogen and oxygen atoms in total. The SMILES string of the molecule is Brc1cc2c(cc1C1CNCCO1)OCC1(CC1)CO2. The van der Waals surface area contributed by atoms with Gasteiger partial charge >= 0.3 is 0 Å². The summed E-state index contributed by atoms with van der Waals surface area (Å²) < 4.78 is 18.8. The summed E-state index contributed by atoms with van der Waals surface area (Å²) in [6.45, 7) is 4.04. The minimum atomic E-state index is 0.0742. The van der Waals surface area contributed by atoms with Crippen molar-refractivity contribution in [1.82, 2.24) is 5.32 Å². The normalized spacial score (nSPS) is 27.1. The van der Waals surface area contributed by atoms with Crippen LogP contribution in [-0.4, -0.2) is 32.9 Å². The van der Waals surface area contributed by atoms with E-state index in [0.29, 0.717) is 0 Å². The topological polar surface area (TPSA) is 39.7 Å². The lowest BCUT2D eigenvalue weighted by molar-refractivity contribution is 0.0271. The molecule has 2 aliphatic heterocycles. The molecule has 5 heteroatoms. The molecule has 2 fully saturated rings. The van der Waals surface area contributed by atoms with E-state index in [0.717, 1.165) is 54.4 Å². The van der Waals surface area contributed by atoms with Crippen molar-refractivity contribution in [3.05, 3.63) is 22.2 Å². The van der Waals surface area contributed by atoms with Crippen LogP contribution in [0.3, 0.4) is 0 Å². The van der Waals surface area contributed by atoms with Crippen LogP contribution in [0.25, 0.3) is 0 Å². The first kappa shape index (κ1) is 12.9. The summed E-state index contributed by atoms with van der Waals surface area (Å²) in [6.07, 6.45) is 2.50. The summed E-state index contributed by atoms with van der Waals surface area (Å²) >= 11 is 3.64. The first-order valence-electron chi connectivity index (χ1n) is 7.17. The summed E-state index contributed by atoms with van der Waals surface area (Å²) in [7, 11) is 0. The third kappa shape index (κ3) is 2.32. The summed E-state index contributed by atoms with van der Waals surface area (Å²) in [5, 5.41) is 3.36. The van der Waals surface area contributed by atoms with Crippen LogP contribution in [0.4, 0.5) is 0 Å². The molecule has 0 aromatic heterocycles. The summed E-state index contributed by atoms with van der Waals surface area (Å²) in [4.78, 5) is 0. The number of nitrogens with one attached hydrogen (secondary N) is 1. The van der Waals surface area contributed by atoms with Gasteiger partial charge < -0.3 is 19.5 Å². The molecule has 1 spiro atoms. The second kappa shape index (κ2) is 4.90. The lowest BCUT2D eigenvalue weighted by Gasteiger charge is -2.25. The van der Waals surface area contributed by atoms with Gasteiger partial charge in [0.05, 0.1) is 25.9 Å². The van der Waals surface area contributed by atoms with E-state index in [1.165, 1.54) is 12.8 Å². The minimum absolute atomic E-state index is 0.0742. The lowest BCUT2D eigenvalue weighted by Crippen LogP contribution is -2.33. The Bertz CT molecular complexity index is 524. The molecule has 1 aromatic rings. The molecule has 0 radical (unpaired) electrons. The monoisotopic (exact) mass is 339 g/mol. The van der Waals surface area contributed by atoms with Crippen LogP contribution in [0.15, 0.2) is 16.6 Å². The number of halogens is 1. The van der Waals surface area contributed by atoms with E-state index >= 15 is 0 Å². The average molecular weight is 340 g/mol. The number of rotatable bonds is 1. The van der Waals surface area contributed by atoms with Crippen LogP contribution in [0.5, 0.6) is 11.5 Å². The van der Waals surface area contributed by atoms with Crippen molar-refractivity contribution >= 4 is 15.9 Å². The van der Waals surface area contributed by atoms with Crippen molar-refractivity contribution in [1.29, 1.82) is 0 Å². The number of hydrogen-bond donors (Lipinski definition) is 1. The maximum absolute atomic E-state index is 5.99. The third-order valence-electron chi connectivity index (χ3n) is 4.36. The van der Waals surface area contributed by atoms with Crippen molar-refractivity contribution in [3.63, 3.8) is 0 Å². The van der Waals surface area contributed by atoms with Gasteiger partial charge in [-0.1, -0.05) is 15.9 Å². The maximum atomic E-state index is 5.99. The Morgan fingerprint density at radius 2 is 1.90 bits per heavy atom. The molecule has 2 heterocycles. The van der Waals surface area contributed by atoms with Crippen LogP contribution in [-0.2, 0) is 4.74 Å². The maximum Gasteiger partial charge on any atom is 0.162 e. The van der Waals surface area contributed by atoms with Gasteiger partial charge in [0, 0.05) is 28.5 Å². The quantitative estimate of drug-likeness (QED) is 0.853. The fraction of sp³-hybridized carbons (Fsp3) is 0.600. The van der Waals surface area contributed by atoms with Gasteiger partial charge in [-0.25, -0.2) is 0 Å². The standard InChI is InChI=1S/C15H18BrNO3/c16-11-6-13-12(19-8-15(1-2-15)9-20-13)5-10(11)14-7-17-3-4-18-14/h5-6,14,17H,1-4,7-9H2. The van der Waals surface area contributed by atoms with E-state index in [-0.39, 0.29) is 11.5 Å². The number of morpholine rings is 1. The average Bonchev–Trinajstić information content (AvgIpc) is 3.27. The van der Waals surface area contributed by atoms with Gasteiger partial charge in [-0.15, -0.1) is 0 Å². The molecule has 1 aliphatic carbocycles. The predicted molar refractivity (Wildman–Crippen MR) is 78.4 cm³/mol. The van der Waals surface area contributed by atoms with Crippen molar-refractivity contribution in [2.24, 2.45) is 5.41 Å². The zero-order valence-electron chi connectivity index (χ0n) is 11.3. The molecule has 1 N–H and O–H groups in total. The minimum Gasteiger partial charge on any atom is -0.489 e. The lowest BCUT2D eigenvalue weighted by atomic mass is 10.1. The van der Waals surface area contributed by atoms with Gasteiger partial charge in [-0.2, -0.15) is 0 Å². The first-order valence-corrected chi connectivity index (χ1v) is 7.96. The number of benzene rings is 1. The van der Waals surface area contributed by atoms with Crippen molar-refractivity contribution in [2.75, 3.05) is 32.9 Å². The molecule has 1 saturated heterocycles. The van der Waals surface area contributed by atoms with E-state index in [1.807, 2.05) is 6.07 Å². The Morgan fingerprint density at radius 1 is 1.15 bits per heavy atom. The van der Waals surface area contributed by atoms with Crippen molar-refractivity contribution in [3.8, 4) is 11.5 Å². The Labute approximate surface area is 126 Å². The van der Waals surface area contributed by atoms with Crippen LogP contribution < -0.4 is 14.8 Å². The van der Waals surface area contributed by atoms with Gasteiger partial charge in [0.2, 0.25) is 0 Å². The Hall–Kier alpha value is -0.780. The second-order valence-corrected chi connectivity index (χ2v) is 6.82. The third-order valence-corrected chi connectivity index (χ3v) is 5.05. The van der Waals surface area contributed by atoms with E-state index in [2.05, 4.69) is 27.3 Å². The Morgan fingerprint density at radius 3 is 2.55 bits per heavy atom. The molecule has 108 valence electrons. The van der Waals surface area contributed by atoms with E-state index < -0.39 is 0 Å². The van der Waals surface area contributed by atoms with Crippen molar-refractivity contribution < 1.29 is 14.2 Å². The van der Waals surface area contributed by atoms with Gasteiger partial charge in [0.25, 0.3) is 0 Å². The van der Waals surface area contributed by atoms with Crippen LogP contribution >= 0.6 is 15.9 Å². The van der Waals surface area contributed by atoms with Gasteiger partial charge in [-0.05, 0) is 25.0 Å². The molecule has 1 unspecified atom stereocenters. The number of fused-ring (bicyclic) bond motifs is 1. The highest BCUT2D eigenvalue weighted by atomic mass is 79.9. The first-order chi connectivity index (χ1) is 9.76. The number of ether oxygens (including phenoxy) is 3. The Kier molecular flexibility index (Phi) is 3.16. The van der Waals surface area contributed by atoms with Gasteiger partial charge in [0.15, 0.2) is 11.5 Å². The predicted octanol–water partition coefficient (Wildman–Crippen LogP) is 2.66. The molecule has 1 atom stereocenters. The molecule has 0 amide bonds. The highest BCUT2D eigenvalue weighted by Gasteiger charge is 2.46. The van der Waals surface area contributed by atoms with E-state index in [1.54, 1.807) is 0 Å². The fourth-order valence-corrected chi connectivity index (χ4v) is 3.33. The second-order valence-electron chi connectivity index (χ2n) is 5.96. The summed E-state index contributed by atoms with van der Waals surface area (Å²) in [6, 6.07) is 4.09.